The van der Waals surface area contributed by atoms with E-state index in [2.05, 4.69) is 17.2 Å². The molecular formula is C24H28N2O4. The van der Waals surface area contributed by atoms with Crippen molar-refractivity contribution in [2.24, 2.45) is 0 Å². The van der Waals surface area contributed by atoms with E-state index in [9.17, 15) is 9.59 Å². The van der Waals surface area contributed by atoms with E-state index >= 15 is 0 Å². The highest BCUT2D eigenvalue weighted by Gasteiger charge is 2.27. The number of benzene rings is 2. The molecule has 0 fully saturated rings. The predicted octanol–water partition coefficient (Wildman–Crippen LogP) is 3.75. The SMILES string of the molecule is C=CCOC(=O)N[C@@H](Cc1ccccc1)/C(C(=O)OC)=C(\C)NCc1ccccc1. The van der Waals surface area contributed by atoms with Gasteiger partial charge in [-0.25, -0.2) is 9.59 Å². The molecule has 0 saturated heterocycles. The van der Waals surface area contributed by atoms with Gasteiger partial charge in [-0.15, -0.1) is 0 Å². The van der Waals surface area contributed by atoms with Gasteiger partial charge in [0, 0.05) is 12.2 Å². The molecule has 2 N–H and O–H groups in total. The Labute approximate surface area is 177 Å². The monoisotopic (exact) mass is 408 g/mol. The number of esters is 1. The first-order valence-electron chi connectivity index (χ1n) is 9.70. The summed E-state index contributed by atoms with van der Waals surface area (Å²) in [6, 6.07) is 18.8. The highest BCUT2D eigenvalue weighted by atomic mass is 16.5. The maximum atomic E-state index is 12.7. The smallest absolute Gasteiger partial charge is 0.407 e. The van der Waals surface area contributed by atoms with Crippen LogP contribution in [0, 0.1) is 0 Å². The summed E-state index contributed by atoms with van der Waals surface area (Å²) in [5, 5.41) is 6.05. The Bertz CT molecular complexity index is 863. The van der Waals surface area contributed by atoms with Crippen LogP contribution in [-0.2, 0) is 27.2 Å². The van der Waals surface area contributed by atoms with Crippen molar-refractivity contribution in [3.63, 3.8) is 0 Å². The molecule has 6 heteroatoms. The van der Waals surface area contributed by atoms with Crippen LogP contribution in [0.2, 0.25) is 0 Å². The number of nitrogens with one attached hydrogen (secondary N) is 2. The minimum atomic E-state index is -0.638. The van der Waals surface area contributed by atoms with Crippen molar-refractivity contribution >= 4 is 12.1 Å². The highest BCUT2D eigenvalue weighted by Crippen LogP contribution is 2.16. The van der Waals surface area contributed by atoms with Crippen molar-refractivity contribution in [3.8, 4) is 0 Å². The molecule has 158 valence electrons. The lowest BCUT2D eigenvalue weighted by molar-refractivity contribution is -0.136. The summed E-state index contributed by atoms with van der Waals surface area (Å²) in [6.45, 7) is 5.94. The Balaban J connectivity index is 2.31. The molecule has 1 amide bonds. The number of methoxy groups -OCH3 is 1. The summed E-state index contributed by atoms with van der Waals surface area (Å²) in [5.74, 6) is -0.516. The molecule has 0 heterocycles. The molecule has 6 nitrogen and oxygen atoms in total. The lowest BCUT2D eigenvalue weighted by Crippen LogP contribution is -2.42. The van der Waals surface area contributed by atoms with Crippen LogP contribution in [-0.4, -0.2) is 31.8 Å². The van der Waals surface area contributed by atoms with Gasteiger partial charge in [-0.3, -0.25) is 0 Å². The van der Waals surface area contributed by atoms with Crippen LogP contribution in [0.3, 0.4) is 0 Å². The minimum absolute atomic E-state index is 0.0758. The average Bonchev–Trinajstić information content (AvgIpc) is 2.77. The number of allylic oxidation sites excluding steroid dienone is 1. The van der Waals surface area contributed by atoms with E-state index in [1.165, 1.54) is 13.2 Å². The number of hydrogen-bond acceptors (Lipinski definition) is 5. The fraction of sp³-hybridized carbons (Fsp3) is 0.250. The quantitative estimate of drug-likeness (QED) is 0.356. The molecular weight excluding hydrogens is 380 g/mol. The van der Waals surface area contributed by atoms with Gasteiger partial charge in [0.2, 0.25) is 0 Å². The average molecular weight is 408 g/mol. The van der Waals surface area contributed by atoms with Crippen molar-refractivity contribution < 1.29 is 19.1 Å². The molecule has 1 atom stereocenters. The fourth-order valence-corrected chi connectivity index (χ4v) is 2.99. The van der Waals surface area contributed by atoms with Crippen molar-refractivity contribution in [2.45, 2.75) is 25.9 Å². The standard InChI is InChI=1S/C24H28N2O4/c1-4-15-30-24(28)26-21(16-19-11-7-5-8-12-19)22(23(27)29-3)18(2)25-17-20-13-9-6-10-14-20/h4-14,21,25H,1,15-17H2,2-3H3,(H,26,28)/b22-18-/t21-/m0/s1. The molecule has 0 radical (unpaired) electrons. The van der Waals surface area contributed by atoms with Crippen molar-refractivity contribution in [1.82, 2.24) is 10.6 Å². The second-order valence-electron chi connectivity index (χ2n) is 6.64. The number of amides is 1. The third-order valence-corrected chi connectivity index (χ3v) is 4.47. The van der Waals surface area contributed by atoms with Crippen LogP contribution in [0.5, 0.6) is 0 Å². The van der Waals surface area contributed by atoms with Gasteiger partial charge in [0.1, 0.15) is 6.61 Å². The van der Waals surface area contributed by atoms with Gasteiger partial charge in [0.25, 0.3) is 0 Å². The molecule has 0 spiro atoms. The topological polar surface area (TPSA) is 76.7 Å². The van der Waals surface area contributed by atoms with Crippen LogP contribution in [0.15, 0.2) is 84.6 Å². The van der Waals surface area contributed by atoms with Gasteiger partial charge < -0.3 is 20.1 Å². The first-order chi connectivity index (χ1) is 14.5. The van der Waals surface area contributed by atoms with Gasteiger partial charge >= 0.3 is 12.1 Å². The highest BCUT2D eigenvalue weighted by molar-refractivity contribution is 5.91. The predicted molar refractivity (Wildman–Crippen MR) is 117 cm³/mol. The number of ether oxygens (including phenoxy) is 2. The third-order valence-electron chi connectivity index (χ3n) is 4.47. The van der Waals surface area contributed by atoms with Crippen molar-refractivity contribution in [3.05, 3.63) is 95.7 Å². The van der Waals surface area contributed by atoms with E-state index in [-0.39, 0.29) is 6.61 Å². The zero-order chi connectivity index (χ0) is 21.8. The number of rotatable bonds is 10. The van der Waals surface area contributed by atoms with E-state index in [4.69, 9.17) is 9.47 Å². The lowest BCUT2D eigenvalue weighted by atomic mass is 9.97. The Morgan fingerprint density at radius 3 is 2.20 bits per heavy atom. The van der Waals surface area contributed by atoms with E-state index in [0.717, 1.165) is 11.1 Å². The summed E-state index contributed by atoms with van der Waals surface area (Å²) in [6.07, 6.45) is 1.25. The third kappa shape index (κ3) is 7.13. The molecule has 0 aliphatic carbocycles. The van der Waals surface area contributed by atoms with Crippen LogP contribution in [0.1, 0.15) is 18.1 Å². The lowest BCUT2D eigenvalue weighted by Gasteiger charge is -2.23. The molecule has 30 heavy (non-hydrogen) atoms. The maximum Gasteiger partial charge on any atom is 0.407 e. The van der Waals surface area contributed by atoms with Gasteiger partial charge in [-0.05, 0) is 24.5 Å². The molecule has 0 aliphatic rings. The maximum absolute atomic E-state index is 12.7. The Morgan fingerprint density at radius 2 is 1.63 bits per heavy atom. The van der Waals surface area contributed by atoms with Gasteiger partial charge in [0.05, 0.1) is 18.7 Å². The second-order valence-corrected chi connectivity index (χ2v) is 6.64. The minimum Gasteiger partial charge on any atom is -0.466 e. The van der Waals surface area contributed by atoms with Gasteiger partial charge in [0.15, 0.2) is 0 Å². The molecule has 0 aliphatic heterocycles. The zero-order valence-electron chi connectivity index (χ0n) is 17.4. The Hall–Kier alpha value is -3.54. The van der Waals surface area contributed by atoms with E-state index < -0.39 is 18.1 Å². The van der Waals surface area contributed by atoms with Crippen LogP contribution >= 0.6 is 0 Å². The molecule has 0 unspecified atom stereocenters. The Kier molecular flexibility index (Phi) is 9.18. The van der Waals surface area contributed by atoms with Crippen LogP contribution in [0.25, 0.3) is 0 Å². The van der Waals surface area contributed by atoms with E-state index in [1.54, 1.807) is 6.92 Å². The van der Waals surface area contributed by atoms with Crippen molar-refractivity contribution in [1.29, 1.82) is 0 Å². The molecule has 2 rings (SSSR count). The van der Waals surface area contributed by atoms with Crippen LogP contribution < -0.4 is 10.6 Å². The molecule has 0 bridgehead atoms. The van der Waals surface area contributed by atoms with Gasteiger partial charge in [-0.1, -0.05) is 73.3 Å². The fourth-order valence-electron chi connectivity index (χ4n) is 2.99. The summed E-state index contributed by atoms with van der Waals surface area (Å²) in [4.78, 5) is 24.9. The molecule has 2 aromatic rings. The first kappa shape index (κ1) is 22.7. The molecule has 0 aromatic heterocycles. The van der Waals surface area contributed by atoms with E-state index in [1.807, 2.05) is 60.7 Å². The van der Waals surface area contributed by atoms with E-state index in [0.29, 0.717) is 24.2 Å². The summed E-state index contributed by atoms with van der Waals surface area (Å²) in [5.41, 5.74) is 2.99. The zero-order valence-corrected chi connectivity index (χ0v) is 17.4. The Morgan fingerprint density at radius 1 is 1.03 bits per heavy atom. The molecule has 0 saturated carbocycles. The van der Waals surface area contributed by atoms with Crippen LogP contribution in [0.4, 0.5) is 4.79 Å². The first-order valence-corrected chi connectivity index (χ1v) is 9.70. The number of alkyl carbamates (subject to hydrolysis) is 1. The number of carbonyl (C=O) groups is 2. The van der Waals surface area contributed by atoms with Crippen molar-refractivity contribution in [2.75, 3.05) is 13.7 Å². The molecule has 2 aromatic carbocycles. The number of hydrogen-bond donors (Lipinski definition) is 2. The summed E-state index contributed by atoms with van der Waals surface area (Å²) < 4.78 is 10.1. The second kappa shape index (κ2) is 12.1. The number of carbonyl (C=O) groups excluding carboxylic acids is 2. The van der Waals surface area contributed by atoms with Gasteiger partial charge in [-0.2, -0.15) is 0 Å². The largest absolute Gasteiger partial charge is 0.466 e. The summed E-state index contributed by atoms with van der Waals surface area (Å²) >= 11 is 0. The summed E-state index contributed by atoms with van der Waals surface area (Å²) in [7, 11) is 1.32. The normalized spacial score (nSPS) is 12.2.